The van der Waals surface area contributed by atoms with Crippen molar-refractivity contribution in [3.8, 4) is 22.8 Å². The zero-order valence-electron chi connectivity index (χ0n) is 19.1. The van der Waals surface area contributed by atoms with E-state index in [1.54, 1.807) is 12.4 Å². The summed E-state index contributed by atoms with van der Waals surface area (Å²) in [7, 11) is 0. The number of thioether (sulfide) groups is 1. The molecule has 0 bridgehead atoms. The number of aromatic nitrogens is 4. The van der Waals surface area contributed by atoms with E-state index in [1.807, 2.05) is 71.0 Å². The molecule has 0 radical (unpaired) electrons. The minimum absolute atomic E-state index is 0.0617. The molecule has 0 saturated heterocycles. The molecular weight excluding hydrogens is 446 g/mol. The number of amides is 1. The molecule has 1 aliphatic rings. The molecule has 172 valence electrons. The molecule has 0 fully saturated rings. The summed E-state index contributed by atoms with van der Waals surface area (Å²) in [5.41, 5.74) is 3.96. The molecule has 0 saturated carbocycles. The molecule has 0 unspecified atom stereocenters. The van der Waals surface area contributed by atoms with Crippen molar-refractivity contribution in [1.29, 1.82) is 0 Å². The lowest BCUT2D eigenvalue weighted by Gasteiger charge is -2.22. The highest BCUT2D eigenvalue weighted by molar-refractivity contribution is 7.99. The van der Waals surface area contributed by atoms with Gasteiger partial charge in [0.15, 0.2) is 11.0 Å². The van der Waals surface area contributed by atoms with Crippen LogP contribution in [0.5, 0.6) is 5.75 Å². The van der Waals surface area contributed by atoms with Crippen LogP contribution in [0, 0.1) is 0 Å². The Morgan fingerprint density at radius 1 is 1.09 bits per heavy atom. The largest absolute Gasteiger partial charge is 0.494 e. The van der Waals surface area contributed by atoms with Crippen LogP contribution >= 0.6 is 11.8 Å². The van der Waals surface area contributed by atoms with Crippen LogP contribution in [0.15, 0.2) is 78.2 Å². The Morgan fingerprint density at radius 2 is 1.91 bits per heavy atom. The smallest absolute Gasteiger partial charge is 0.237 e. The van der Waals surface area contributed by atoms with Crippen molar-refractivity contribution >= 4 is 23.4 Å². The van der Waals surface area contributed by atoms with Gasteiger partial charge in [0.1, 0.15) is 5.75 Å². The van der Waals surface area contributed by atoms with E-state index in [-0.39, 0.29) is 17.7 Å². The molecule has 3 heterocycles. The molecule has 34 heavy (non-hydrogen) atoms. The monoisotopic (exact) mass is 471 g/mol. The fourth-order valence-electron chi connectivity index (χ4n) is 4.28. The van der Waals surface area contributed by atoms with Crippen LogP contribution < -0.4 is 9.64 Å². The fourth-order valence-corrected chi connectivity index (χ4v) is 5.09. The second-order valence-corrected chi connectivity index (χ2v) is 8.99. The van der Waals surface area contributed by atoms with E-state index in [0.29, 0.717) is 17.6 Å². The first-order valence-corrected chi connectivity index (χ1v) is 12.3. The van der Waals surface area contributed by atoms with Crippen molar-refractivity contribution in [2.24, 2.45) is 0 Å². The maximum Gasteiger partial charge on any atom is 0.237 e. The number of benzene rings is 2. The number of nitrogens with zero attached hydrogens (tertiary/aromatic N) is 5. The van der Waals surface area contributed by atoms with Crippen LogP contribution in [0.4, 0.5) is 5.69 Å². The highest BCUT2D eigenvalue weighted by Gasteiger charge is 2.30. The summed E-state index contributed by atoms with van der Waals surface area (Å²) in [5.74, 6) is 1.80. The third-order valence-electron chi connectivity index (χ3n) is 5.76. The van der Waals surface area contributed by atoms with Crippen molar-refractivity contribution in [3.63, 3.8) is 0 Å². The highest BCUT2D eigenvalue weighted by Crippen LogP contribution is 2.34. The van der Waals surface area contributed by atoms with Gasteiger partial charge in [0.25, 0.3) is 0 Å². The van der Waals surface area contributed by atoms with Crippen molar-refractivity contribution in [2.45, 2.75) is 31.5 Å². The van der Waals surface area contributed by atoms with Crippen LogP contribution in [-0.2, 0) is 11.2 Å². The van der Waals surface area contributed by atoms with Gasteiger partial charge in [-0.15, -0.1) is 10.2 Å². The van der Waals surface area contributed by atoms with Gasteiger partial charge < -0.3 is 9.64 Å². The molecule has 1 aliphatic heterocycles. The molecule has 1 amide bonds. The predicted molar refractivity (Wildman–Crippen MR) is 134 cm³/mol. The van der Waals surface area contributed by atoms with Gasteiger partial charge in [-0.3, -0.25) is 14.3 Å². The third kappa shape index (κ3) is 4.28. The lowest BCUT2D eigenvalue weighted by atomic mass is 10.1. The molecule has 0 N–H and O–H groups in total. The second kappa shape index (κ2) is 9.69. The first-order chi connectivity index (χ1) is 16.7. The Balaban J connectivity index is 1.44. The van der Waals surface area contributed by atoms with Crippen LogP contribution in [-0.4, -0.2) is 44.1 Å². The van der Waals surface area contributed by atoms with Crippen molar-refractivity contribution in [1.82, 2.24) is 19.7 Å². The van der Waals surface area contributed by atoms with Gasteiger partial charge >= 0.3 is 0 Å². The van der Waals surface area contributed by atoms with Gasteiger partial charge in [0, 0.05) is 35.4 Å². The van der Waals surface area contributed by atoms with Crippen LogP contribution in [0.1, 0.15) is 19.4 Å². The molecule has 4 aromatic rings. The van der Waals surface area contributed by atoms with Gasteiger partial charge in [-0.05, 0) is 68.3 Å². The summed E-state index contributed by atoms with van der Waals surface area (Å²) >= 11 is 1.39. The quantitative estimate of drug-likeness (QED) is 0.361. The number of hydrogen-bond donors (Lipinski definition) is 0. The summed E-state index contributed by atoms with van der Waals surface area (Å²) in [6.45, 7) is 4.65. The van der Waals surface area contributed by atoms with E-state index in [4.69, 9.17) is 4.74 Å². The number of anilines is 1. The molecule has 2 aromatic carbocycles. The molecule has 5 rings (SSSR count). The molecule has 1 atom stereocenters. The molecule has 8 heteroatoms. The number of hydrogen-bond acceptors (Lipinski definition) is 6. The van der Waals surface area contributed by atoms with Gasteiger partial charge in [-0.2, -0.15) is 0 Å². The van der Waals surface area contributed by atoms with E-state index < -0.39 is 0 Å². The first kappa shape index (κ1) is 22.2. The fraction of sp³-hybridized carbons (Fsp3) is 0.231. The standard InChI is InChI=1S/C26H25N5O2S/c1-3-33-22-12-10-21(11-13-22)31-25(20-8-6-14-27-16-20)28-29-26(31)34-17-24(32)30-18(2)15-19-7-4-5-9-23(19)30/h4-14,16,18H,3,15,17H2,1-2H3/t18-/m1/s1. The minimum Gasteiger partial charge on any atom is -0.494 e. The molecule has 2 aromatic heterocycles. The highest BCUT2D eigenvalue weighted by atomic mass is 32.2. The van der Waals surface area contributed by atoms with Gasteiger partial charge in [0.05, 0.1) is 12.4 Å². The lowest BCUT2D eigenvalue weighted by molar-refractivity contribution is -0.116. The van der Waals surface area contributed by atoms with Crippen LogP contribution in [0.25, 0.3) is 17.1 Å². The van der Waals surface area contributed by atoms with Crippen LogP contribution in [0.2, 0.25) is 0 Å². The summed E-state index contributed by atoms with van der Waals surface area (Å²) in [6.07, 6.45) is 4.36. The number of ether oxygens (including phenoxy) is 1. The maximum atomic E-state index is 13.3. The lowest BCUT2D eigenvalue weighted by Crippen LogP contribution is -2.37. The number of pyridine rings is 1. The number of fused-ring (bicyclic) bond motifs is 1. The summed E-state index contributed by atoms with van der Waals surface area (Å²) in [4.78, 5) is 19.4. The Kier molecular flexibility index (Phi) is 6.31. The van der Waals surface area contributed by atoms with Crippen molar-refractivity contribution < 1.29 is 9.53 Å². The Labute approximate surface area is 202 Å². The first-order valence-electron chi connectivity index (χ1n) is 11.3. The average molecular weight is 472 g/mol. The SMILES string of the molecule is CCOc1ccc(-n2c(SCC(=O)N3c4ccccc4C[C@H]3C)nnc2-c2cccnc2)cc1. The maximum absolute atomic E-state index is 13.3. The minimum atomic E-state index is 0.0617. The summed E-state index contributed by atoms with van der Waals surface area (Å²) in [5, 5.41) is 9.53. The van der Waals surface area contributed by atoms with E-state index in [9.17, 15) is 4.79 Å². The average Bonchev–Trinajstić information content (AvgIpc) is 3.44. The molecule has 7 nitrogen and oxygen atoms in total. The van der Waals surface area contributed by atoms with E-state index >= 15 is 0 Å². The summed E-state index contributed by atoms with van der Waals surface area (Å²) < 4.78 is 7.56. The number of para-hydroxylation sites is 1. The van der Waals surface area contributed by atoms with E-state index in [0.717, 1.165) is 29.1 Å². The van der Waals surface area contributed by atoms with Gasteiger partial charge in [-0.25, -0.2) is 0 Å². The van der Waals surface area contributed by atoms with Gasteiger partial charge in [-0.1, -0.05) is 30.0 Å². The summed E-state index contributed by atoms with van der Waals surface area (Å²) in [6, 6.07) is 19.9. The van der Waals surface area contributed by atoms with Crippen molar-refractivity contribution in [3.05, 3.63) is 78.6 Å². The Morgan fingerprint density at radius 3 is 2.68 bits per heavy atom. The van der Waals surface area contributed by atoms with Crippen LogP contribution in [0.3, 0.4) is 0 Å². The molecule has 0 aliphatic carbocycles. The number of carbonyl (C=O) groups excluding carboxylic acids is 1. The van der Waals surface area contributed by atoms with Crippen molar-refractivity contribution in [2.75, 3.05) is 17.3 Å². The normalized spacial score (nSPS) is 14.8. The zero-order valence-corrected chi connectivity index (χ0v) is 19.9. The number of rotatable bonds is 7. The molecule has 0 spiro atoms. The van der Waals surface area contributed by atoms with E-state index in [1.165, 1.54) is 17.3 Å². The Hall–Kier alpha value is -3.65. The third-order valence-corrected chi connectivity index (χ3v) is 6.67. The predicted octanol–water partition coefficient (Wildman–Crippen LogP) is 4.80. The van der Waals surface area contributed by atoms with E-state index in [2.05, 4.69) is 28.2 Å². The zero-order chi connectivity index (χ0) is 23.5. The molecular formula is C26H25N5O2S. The topological polar surface area (TPSA) is 73.1 Å². The number of carbonyl (C=O) groups is 1. The van der Waals surface area contributed by atoms with Gasteiger partial charge in [0.2, 0.25) is 5.91 Å². The second-order valence-electron chi connectivity index (χ2n) is 8.04. The Bertz CT molecular complexity index is 1290.